The van der Waals surface area contributed by atoms with Gasteiger partial charge in [0.2, 0.25) is 5.82 Å². The molecular formula is C14H13F2N3O4S. The number of nitrogens with zero attached hydrogens (tertiary/aromatic N) is 2. The van der Waals surface area contributed by atoms with Crippen LogP contribution in [0.15, 0.2) is 22.8 Å². The number of halogens is 2. The van der Waals surface area contributed by atoms with Gasteiger partial charge < -0.3 is 15.9 Å². The number of carbonyl (C=O) groups excluding carboxylic acids is 1. The summed E-state index contributed by atoms with van der Waals surface area (Å²) in [5.74, 6) is -5.72. The SMILES string of the molecule is N[C@@H](CS)C1=N/C(=C\c2ccc(O)c(F)c2F)C(=O)N1CC(=O)O. The lowest BCUT2D eigenvalue weighted by molar-refractivity contribution is -0.140. The topological polar surface area (TPSA) is 116 Å². The lowest BCUT2D eigenvalue weighted by Gasteiger charge is -2.19. The predicted molar refractivity (Wildman–Crippen MR) is 84.6 cm³/mol. The summed E-state index contributed by atoms with van der Waals surface area (Å²) >= 11 is 3.97. The van der Waals surface area contributed by atoms with E-state index in [9.17, 15) is 18.4 Å². The lowest BCUT2D eigenvalue weighted by Crippen LogP contribution is -2.46. The molecule has 0 saturated heterocycles. The van der Waals surface area contributed by atoms with Crippen molar-refractivity contribution in [2.45, 2.75) is 6.04 Å². The Morgan fingerprint density at radius 2 is 2.08 bits per heavy atom. The summed E-state index contributed by atoms with van der Waals surface area (Å²) < 4.78 is 27.2. The Morgan fingerprint density at radius 3 is 2.67 bits per heavy atom. The van der Waals surface area contributed by atoms with E-state index in [4.69, 9.17) is 15.9 Å². The van der Waals surface area contributed by atoms with Crippen molar-refractivity contribution in [1.29, 1.82) is 0 Å². The number of nitrogens with two attached hydrogens (primary N) is 1. The molecule has 128 valence electrons. The number of thiol groups is 1. The van der Waals surface area contributed by atoms with Crippen molar-refractivity contribution in [2.24, 2.45) is 10.7 Å². The van der Waals surface area contributed by atoms with Crippen molar-refractivity contribution in [3.05, 3.63) is 35.0 Å². The molecule has 0 radical (unpaired) electrons. The van der Waals surface area contributed by atoms with Gasteiger partial charge in [-0.3, -0.25) is 14.5 Å². The van der Waals surface area contributed by atoms with Crippen molar-refractivity contribution in [1.82, 2.24) is 4.90 Å². The van der Waals surface area contributed by atoms with E-state index in [1.165, 1.54) is 0 Å². The van der Waals surface area contributed by atoms with E-state index in [-0.39, 0.29) is 22.8 Å². The Bertz CT molecular complexity index is 767. The average Bonchev–Trinajstić information content (AvgIpc) is 2.83. The maximum Gasteiger partial charge on any atom is 0.323 e. The summed E-state index contributed by atoms with van der Waals surface area (Å²) in [5.41, 5.74) is 5.12. The van der Waals surface area contributed by atoms with Gasteiger partial charge in [0.05, 0.1) is 6.04 Å². The molecule has 24 heavy (non-hydrogen) atoms. The number of phenols is 1. The van der Waals surface area contributed by atoms with Crippen molar-refractivity contribution < 1.29 is 28.6 Å². The molecule has 0 fully saturated rings. The van der Waals surface area contributed by atoms with E-state index in [0.717, 1.165) is 23.1 Å². The number of carboxylic acid groups (broad SMARTS) is 1. The molecule has 0 saturated carbocycles. The predicted octanol–water partition coefficient (Wildman–Crippen LogP) is 0.594. The molecule has 7 nitrogen and oxygen atoms in total. The van der Waals surface area contributed by atoms with Gasteiger partial charge in [-0.1, -0.05) is 0 Å². The smallest absolute Gasteiger partial charge is 0.323 e. The van der Waals surface area contributed by atoms with Gasteiger partial charge in [0, 0.05) is 11.3 Å². The third kappa shape index (κ3) is 3.39. The summed E-state index contributed by atoms with van der Waals surface area (Å²) in [4.78, 5) is 27.9. The van der Waals surface area contributed by atoms with Crippen LogP contribution in [0.25, 0.3) is 6.08 Å². The number of aromatic hydroxyl groups is 1. The largest absolute Gasteiger partial charge is 0.505 e. The van der Waals surface area contributed by atoms with Gasteiger partial charge in [-0.2, -0.15) is 17.0 Å². The molecule has 10 heteroatoms. The van der Waals surface area contributed by atoms with Crippen molar-refractivity contribution in [2.75, 3.05) is 12.3 Å². The number of aliphatic imine (C=N–C) groups is 1. The maximum atomic E-state index is 13.8. The molecule has 1 aromatic carbocycles. The van der Waals surface area contributed by atoms with Gasteiger partial charge in [0.25, 0.3) is 5.91 Å². The van der Waals surface area contributed by atoms with E-state index in [1.54, 1.807) is 0 Å². The standard InChI is InChI=1S/C14H13F2N3O4S/c15-11-6(1-2-9(20)12(11)16)3-8-14(23)19(4-10(21)22)13(18-8)7(17)5-24/h1-3,7,20,24H,4-5,17H2,(H,21,22)/b8-3-/t7-/m0/s1. The second-order valence-electron chi connectivity index (χ2n) is 4.88. The monoisotopic (exact) mass is 357 g/mol. The molecule has 2 rings (SSSR count). The minimum atomic E-state index is -1.46. The number of carbonyl (C=O) groups is 2. The lowest BCUT2D eigenvalue weighted by atomic mass is 10.1. The summed E-state index contributed by atoms with van der Waals surface area (Å²) in [6.45, 7) is -0.678. The zero-order valence-corrected chi connectivity index (χ0v) is 13.0. The van der Waals surface area contributed by atoms with Gasteiger partial charge in [-0.25, -0.2) is 9.38 Å². The van der Waals surface area contributed by atoms with Crippen LogP contribution in [0.5, 0.6) is 5.75 Å². The van der Waals surface area contributed by atoms with E-state index >= 15 is 0 Å². The highest BCUT2D eigenvalue weighted by atomic mass is 32.1. The van der Waals surface area contributed by atoms with Crippen molar-refractivity contribution >= 4 is 36.4 Å². The number of carboxylic acids is 1. The van der Waals surface area contributed by atoms with Crippen LogP contribution in [0.3, 0.4) is 0 Å². The maximum absolute atomic E-state index is 13.8. The highest BCUT2D eigenvalue weighted by Crippen LogP contribution is 2.25. The normalized spacial score (nSPS) is 17.3. The van der Waals surface area contributed by atoms with Crippen LogP contribution in [0.1, 0.15) is 5.56 Å². The van der Waals surface area contributed by atoms with Crippen molar-refractivity contribution in [3.63, 3.8) is 0 Å². The van der Waals surface area contributed by atoms with Crippen LogP contribution in [0.2, 0.25) is 0 Å². The number of rotatable bonds is 5. The summed E-state index contributed by atoms with van der Waals surface area (Å²) in [6, 6.07) is 1.16. The Labute approximate surface area is 140 Å². The van der Waals surface area contributed by atoms with E-state index < -0.39 is 41.8 Å². The highest BCUT2D eigenvalue weighted by molar-refractivity contribution is 7.80. The van der Waals surface area contributed by atoms with Gasteiger partial charge in [-0.15, -0.1) is 0 Å². The van der Waals surface area contributed by atoms with Crippen LogP contribution >= 0.6 is 12.6 Å². The highest BCUT2D eigenvalue weighted by Gasteiger charge is 2.34. The third-order valence-corrected chi connectivity index (χ3v) is 3.57. The number of aliphatic carboxylic acids is 1. The van der Waals surface area contributed by atoms with Gasteiger partial charge in [0.1, 0.15) is 18.1 Å². The number of phenolic OH excluding ortho intramolecular Hbond substituents is 1. The molecule has 1 atom stereocenters. The molecule has 1 heterocycles. The fraction of sp³-hybridized carbons (Fsp3) is 0.214. The van der Waals surface area contributed by atoms with Crippen molar-refractivity contribution in [3.8, 4) is 5.75 Å². The first-order chi connectivity index (χ1) is 11.3. The Balaban J connectivity index is 2.47. The molecular weight excluding hydrogens is 344 g/mol. The Morgan fingerprint density at radius 1 is 1.42 bits per heavy atom. The number of hydrogen-bond acceptors (Lipinski definition) is 6. The second-order valence-corrected chi connectivity index (χ2v) is 5.24. The summed E-state index contributed by atoms with van der Waals surface area (Å²) in [5, 5.41) is 18.0. The summed E-state index contributed by atoms with van der Waals surface area (Å²) in [6.07, 6.45) is 0.952. The molecule has 1 aliphatic rings. The Hall–Kier alpha value is -2.46. The van der Waals surface area contributed by atoms with Crippen LogP contribution in [0, 0.1) is 11.6 Å². The Kier molecular flexibility index (Phi) is 5.20. The van der Waals surface area contributed by atoms with Crippen LogP contribution in [0.4, 0.5) is 8.78 Å². The molecule has 0 aliphatic carbocycles. The average molecular weight is 357 g/mol. The molecule has 0 unspecified atom stereocenters. The zero-order chi connectivity index (χ0) is 18.0. The van der Waals surface area contributed by atoms with Gasteiger partial charge >= 0.3 is 5.97 Å². The van der Waals surface area contributed by atoms with Gasteiger partial charge in [0.15, 0.2) is 11.6 Å². The first-order valence-electron chi connectivity index (χ1n) is 6.63. The fourth-order valence-electron chi connectivity index (χ4n) is 2.03. The first kappa shape index (κ1) is 17.9. The molecule has 0 aromatic heterocycles. The molecule has 0 spiro atoms. The molecule has 4 N–H and O–H groups in total. The second kappa shape index (κ2) is 6.97. The van der Waals surface area contributed by atoms with E-state index in [2.05, 4.69) is 17.6 Å². The molecule has 1 aromatic rings. The van der Waals surface area contributed by atoms with E-state index in [0.29, 0.717) is 0 Å². The minimum absolute atomic E-state index is 0.0247. The third-order valence-electron chi connectivity index (χ3n) is 3.18. The van der Waals surface area contributed by atoms with E-state index in [1.807, 2.05) is 0 Å². The minimum Gasteiger partial charge on any atom is -0.505 e. The quantitative estimate of drug-likeness (QED) is 0.455. The van der Waals surface area contributed by atoms with Crippen LogP contribution in [-0.2, 0) is 9.59 Å². The molecule has 0 bridgehead atoms. The van der Waals surface area contributed by atoms with Crippen LogP contribution < -0.4 is 5.73 Å². The molecule has 1 amide bonds. The molecule has 1 aliphatic heterocycles. The zero-order valence-electron chi connectivity index (χ0n) is 12.1. The first-order valence-corrected chi connectivity index (χ1v) is 7.26. The number of amidine groups is 1. The fourth-order valence-corrected chi connectivity index (χ4v) is 2.20. The number of benzene rings is 1. The summed E-state index contributed by atoms with van der Waals surface area (Å²) in [7, 11) is 0. The van der Waals surface area contributed by atoms with Gasteiger partial charge in [-0.05, 0) is 18.2 Å². The van der Waals surface area contributed by atoms with Crippen LogP contribution in [-0.4, -0.2) is 51.2 Å². The number of amides is 1. The number of hydrogen-bond donors (Lipinski definition) is 4.